The van der Waals surface area contributed by atoms with Crippen LogP contribution in [0.15, 0.2) is 12.7 Å². The Labute approximate surface area is 265 Å². The van der Waals surface area contributed by atoms with Crippen LogP contribution in [0.25, 0.3) is 0 Å². The second kappa shape index (κ2) is 35.9. The number of Topliss-reactive ketones (excluding diaryl/α,β-unsaturated/α-hetero) is 1. The maximum absolute atomic E-state index is 12.7. The minimum Gasteiger partial charge on any atom is -0.400 e. The molecule has 0 bridgehead atoms. The highest BCUT2D eigenvalue weighted by molar-refractivity contribution is 5.83. The predicted octanol–water partition coefficient (Wildman–Crippen LogP) is 5.65. The molecule has 43 heavy (non-hydrogen) atoms. The number of hydrogen-bond acceptors (Lipinski definition) is 6. The van der Waals surface area contributed by atoms with Crippen molar-refractivity contribution in [1.82, 2.24) is 20.9 Å². The third-order valence-electron chi connectivity index (χ3n) is 6.97. The van der Waals surface area contributed by atoms with Crippen molar-refractivity contribution in [3.8, 4) is 0 Å². The fourth-order valence-electron chi connectivity index (χ4n) is 4.70. The number of likely N-dealkylation sites (N-methyl/N-ethyl adjacent to an activating group) is 1. The summed E-state index contributed by atoms with van der Waals surface area (Å²) in [5.41, 5.74) is 0. The first-order chi connectivity index (χ1) is 20.7. The van der Waals surface area contributed by atoms with Crippen LogP contribution >= 0.6 is 0 Å². The average molecular weight is 615 g/mol. The molecule has 0 aromatic carbocycles. The van der Waals surface area contributed by atoms with Crippen LogP contribution in [0.3, 0.4) is 0 Å². The Bertz CT molecular complexity index is 643. The van der Waals surface area contributed by atoms with Crippen LogP contribution in [-0.2, 0) is 19.2 Å². The van der Waals surface area contributed by atoms with Gasteiger partial charge in [0.25, 0.3) is 0 Å². The van der Waals surface area contributed by atoms with E-state index in [4.69, 9.17) is 5.11 Å². The molecule has 9 heteroatoms. The molecule has 0 heterocycles. The molecule has 4 N–H and O–H groups in total. The van der Waals surface area contributed by atoms with Crippen LogP contribution in [0.2, 0.25) is 0 Å². The van der Waals surface area contributed by atoms with Gasteiger partial charge in [-0.05, 0) is 65.3 Å². The summed E-state index contributed by atoms with van der Waals surface area (Å²) in [4.78, 5) is 45.2. The summed E-state index contributed by atoms with van der Waals surface area (Å²) in [6.07, 6.45) is 16.0. The highest BCUT2D eigenvalue weighted by Gasteiger charge is 2.32. The molecule has 3 amide bonds. The number of ketones is 1. The van der Waals surface area contributed by atoms with Gasteiger partial charge in [0.1, 0.15) is 0 Å². The van der Waals surface area contributed by atoms with E-state index in [1.807, 2.05) is 25.8 Å². The molecule has 2 unspecified atom stereocenters. The lowest BCUT2D eigenvalue weighted by atomic mass is 9.80. The highest BCUT2D eigenvalue weighted by Crippen LogP contribution is 2.30. The monoisotopic (exact) mass is 615 g/mol. The lowest BCUT2D eigenvalue weighted by molar-refractivity contribution is -0.136. The van der Waals surface area contributed by atoms with Crippen LogP contribution in [0.5, 0.6) is 0 Å². The van der Waals surface area contributed by atoms with Crippen LogP contribution in [-0.4, -0.2) is 79.9 Å². The zero-order valence-electron chi connectivity index (χ0n) is 29.5. The average Bonchev–Trinajstić information content (AvgIpc) is 2.99. The highest BCUT2D eigenvalue weighted by atomic mass is 16.2. The van der Waals surface area contributed by atoms with Crippen LogP contribution < -0.4 is 16.0 Å². The first kappa shape index (κ1) is 47.7. The van der Waals surface area contributed by atoms with Crippen molar-refractivity contribution >= 4 is 24.5 Å². The van der Waals surface area contributed by atoms with Gasteiger partial charge in [-0.3, -0.25) is 19.2 Å². The van der Waals surface area contributed by atoms with Crippen molar-refractivity contribution in [1.29, 1.82) is 0 Å². The molecule has 0 spiro atoms. The third-order valence-corrected chi connectivity index (χ3v) is 6.97. The van der Waals surface area contributed by atoms with Crippen molar-refractivity contribution in [2.75, 3.05) is 27.2 Å². The van der Waals surface area contributed by atoms with Crippen LogP contribution in [0.4, 0.5) is 0 Å². The van der Waals surface area contributed by atoms with Gasteiger partial charge in [-0.2, -0.15) is 0 Å². The van der Waals surface area contributed by atoms with Gasteiger partial charge >= 0.3 is 0 Å². The maximum Gasteiger partial charge on any atom is 0.240 e. The van der Waals surface area contributed by atoms with Crippen molar-refractivity contribution in [2.45, 2.75) is 144 Å². The van der Waals surface area contributed by atoms with Crippen molar-refractivity contribution < 1.29 is 24.3 Å². The van der Waals surface area contributed by atoms with E-state index in [1.165, 1.54) is 64.7 Å². The van der Waals surface area contributed by atoms with E-state index in [1.54, 1.807) is 6.08 Å². The largest absolute Gasteiger partial charge is 0.400 e. The van der Waals surface area contributed by atoms with Gasteiger partial charge in [0.15, 0.2) is 5.78 Å². The summed E-state index contributed by atoms with van der Waals surface area (Å²) in [6.45, 7) is 21.0. The molecule has 2 fully saturated rings. The summed E-state index contributed by atoms with van der Waals surface area (Å²) in [6, 6.07) is 0.0870. The van der Waals surface area contributed by atoms with E-state index in [0.717, 1.165) is 26.5 Å². The molecule has 0 aliphatic heterocycles. The molecular weight excluding hydrogens is 544 g/mol. The number of aliphatic hydroxyl groups is 1. The second-order valence-electron chi connectivity index (χ2n) is 10.8. The third kappa shape index (κ3) is 25.9. The Morgan fingerprint density at radius 1 is 0.953 bits per heavy atom. The number of carbonyl (C=O) groups is 4. The predicted molar refractivity (Wildman–Crippen MR) is 182 cm³/mol. The fourth-order valence-corrected chi connectivity index (χ4v) is 4.70. The fraction of sp³-hybridized carbons (Fsp3) is 0.824. The first-order valence-corrected chi connectivity index (χ1v) is 16.6. The number of nitrogens with zero attached hydrogens (tertiary/aromatic N) is 1. The van der Waals surface area contributed by atoms with Crippen molar-refractivity contribution in [2.24, 2.45) is 11.8 Å². The van der Waals surface area contributed by atoms with E-state index in [9.17, 15) is 19.2 Å². The number of hydrogen-bond donors (Lipinski definition) is 4. The van der Waals surface area contributed by atoms with Crippen molar-refractivity contribution in [3.63, 3.8) is 0 Å². The number of nitrogens with one attached hydrogen (secondary N) is 3. The van der Waals surface area contributed by atoms with Gasteiger partial charge in [-0.1, -0.05) is 85.6 Å². The van der Waals surface area contributed by atoms with E-state index in [-0.39, 0.29) is 17.9 Å². The maximum atomic E-state index is 12.7. The van der Waals surface area contributed by atoms with E-state index < -0.39 is 0 Å². The molecule has 0 aromatic rings. The van der Waals surface area contributed by atoms with Gasteiger partial charge in [0, 0.05) is 26.2 Å². The van der Waals surface area contributed by atoms with Gasteiger partial charge in [-0.25, -0.2) is 0 Å². The second-order valence-corrected chi connectivity index (χ2v) is 10.8. The standard InChI is InChI=1S/C15H30N2O.C9H15NO2.C4H7NO.C3H8.C2H6.CH4O/c1-5-11-17(12(2)3)15(18)14(16-4)13-9-7-6-8-10-13;1-7(12)9(10-6-11)5-8-3-2-4-8;1-2-3-5-4-6;1-3-2;2*1-2/h12-14,16H,5-11H2,1-4H3;6,8-9H,2-5H2,1H3,(H,10,11);2,4H,1,3H2,(H,5,6);3H2,1-2H3;1-2H3;2H,1H3. The molecule has 256 valence electrons. The van der Waals surface area contributed by atoms with Gasteiger partial charge in [0.05, 0.1) is 12.1 Å². The number of aliphatic hydroxyl groups excluding tert-OH is 1. The quantitative estimate of drug-likeness (QED) is 0.114. The zero-order chi connectivity index (χ0) is 34.1. The minimum atomic E-state index is -0.243. The number of amides is 3. The SMILES string of the molecule is C=CCNC=O.CC.CC(=O)C(CC1CCC1)NC=O.CCC.CCCN(C(=O)C(NC)C1CCCCC1)C(C)C.CO. The van der Waals surface area contributed by atoms with Crippen molar-refractivity contribution in [3.05, 3.63) is 12.7 Å². The molecule has 0 radical (unpaired) electrons. The van der Waals surface area contributed by atoms with E-state index >= 15 is 0 Å². The van der Waals surface area contributed by atoms with Gasteiger partial charge in [-0.15, -0.1) is 6.58 Å². The molecule has 2 aliphatic rings. The molecular formula is C34H70N4O5. The van der Waals surface area contributed by atoms with E-state index in [0.29, 0.717) is 43.1 Å². The molecule has 0 aromatic heterocycles. The Balaban J connectivity index is -0.000000261. The Morgan fingerprint density at radius 2 is 1.49 bits per heavy atom. The number of rotatable bonds is 14. The molecule has 9 nitrogen and oxygen atoms in total. The summed E-state index contributed by atoms with van der Waals surface area (Å²) >= 11 is 0. The van der Waals surface area contributed by atoms with Gasteiger partial charge < -0.3 is 26.0 Å². The van der Waals surface area contributed by atoms with Crippen LogP contribution in [0, 0.1) is 11.8 Å². The minimum absolute atomic E-state index is 0.0271. The normalized spacial score (nSPS) is 15.0. The van der Waals surface area contributed by atoms with E-state index in [2.05, 4.69) is 57.1 Å². The number of carbonyl (C=O) groups excluding carboxylic acids is 4. The molecule has 2 atom stereocenters. The van der Waals surface area contributed by atoms with Gasteiger partial charge in [0.2, 0.25) is 18.7 Å². The van der Waals surface area contributed by atoms with Crippen LogP contribution in [0.1, 0.15) is 126 Å². The first-order valence-electron chi connectivity index (χ1n) is 16.6. The molecule has 2 aliphatic carbocycles. The Hall–Kier alpha value is -2.26. The molecule has 0 saturated heterocycles. The lowest BCUT2D eigenvalue weighted by Crippen LogP contribution is -2.52. The molecule has 2 rings (SSSR count). The Morgan fingerprint density at radius 3 is 1.79 bits per heavy atom. The zero-order valence-corrected chi connectivity index (χ0v) is 29.5. The molecule has 2 saturated carbocycles. The smallest absolute Gasteiger partial charge is 0.240 e. The summed E-state index contributed by atoms with van der Waals surface area (Å²) in [7, 11) is 2.93. The lowest BCUT2D eigenvalue weighted by Gasteiger charge is -2.35. The summed E-state index contributed by atoms with van der Waals surface area (Å²) < 4.78 is 0. The Kier molecular flexibility index (Phi) is 39.8. The summed E-state index contributed by atoms with van der Waals surface area (Å²) in [5, 5.41) is 15.2. The summed E-state index contributed by atoms with van der Waals surface area (Å²) in [5.74, 6) is 1.57. The topological polar surface area (TPSA) is 128 Å².